The Labute approximate surface area is 127 Å². The van der Waals surface area contributed by atoms with Crippen molar-refractivity contribution in [3.63, 3.8) is 0 Å². The average Bonchev–Trinajstić information content (AvgIpc) is 2.37. The molecule has 1 fully saturated rings. The van der Waals surface area contributed by atoms with Crippen molar-refractivity contribution in [1.82, 2.24) is 5.32 Å². The van der Waals surface area contributed by atoms with Crippen molar-refractivity contribution in [3.8, 4) is 0 Å². The van der Waals surface area contributed by atoms with E-state index < -0.39 is 5.97 Å². The molecule has 0 aliphatic heterocycles. The van der Waals surface area contributed by atoms with Crippen molar-refractivity contribution in [2.24, 2.45) is 23.0 Å². The summed E-state index contributed by atoms with van der Waals surface area (Å²) in [5.74, 6) is 0.109. The lowest BCUT2D eigenvalue weighted by atomic mass is 9.66. The molecule has 21 heavy (non-hydrogen) atoms. The molecule has 0 heterocycles. The molecule has 1 aliphatic rings. The van der Waals surface area contributed by atoms with Gasteiger partial charge in [-0.3, -0.25) is 9.59 Å². The first-order valence-corrected chi connectivity index (χ1v) is 8.07. The van der Waals surface area contributed by atoms with Gasteiger partial charge in [0.25, 0.3) is 0 Å². The van der Waals surface area contributed by atoms with Gasteiger partial charge in [0.2, 0.25) is 5.91 Å². The molecule has 5 heteroatoms. The van der Waals surface area contributed by atoms with Gasteiger partial charge in [0.05, 0.1) is 0 Å². The van der Waals surface area contributed by atoms with Crippen LogP contribution in [-0.2, 0) is 9.59 Å². The van der Waals surface area contributed by atoms with Crippen molar-refractivity contribution in [3.05, 3.63) is 0 Å². The van der Waals surface area contributed by atoms with Gasteiger partial charge < -0.3 is 16.2 Å². The number of nitrogens with two attached hydrogens (primary N) is 1. The van der Waals surface area contributed by atoms with Crippen molar-refractivity contribution in [2.45, 2.75) is 58.8 Å². The topological polar surface area (TPSA) is 92.4 Å². The standard InChI is InChI=1S/C16H30N2O3/c1-12(2)13(4-5-15(20)21)6-9-18-14(19)10-16(11-17)7-3-8-16/h12-13H,3-11,17H2,1-2H3,(H,18,19)(H,20,21). The highest BCUT2D eigenvalue weighted by molar-refractivity contribution is 5.76. The number of carbonyl (C=O) groups excluding carboxylic acids is 1. The van der Waals surface area contributed by atoms with E-state index in [-0.39, 0.29) is 17.7 Å². The van der Waals surface area contributed by atoms with E-state index in [1.165, 1.54) is 6.42 Å². The molecule has 0 spiro atoms. The van der Waals surface area contributed by atoms with Crippen molar-refractivity contribution >= 4 is 11.9 Å². The Morgan fingerprint density at radius 3 is 2.38 bits per heavy atom. The third-order valence-electron chi connectivity index (χ3n) is 4.89. The summed E-state index contributed by atoms with van der Waals surface area (Å²) in [4.78, 5) is 22.6. The number of carboxylic acids is 1. The number of carbonyl (C=O) groups is 2. The van der Waals surface area contributed by atoms with Crippen molar-refractivity contribution in [2.75, 3.05) is 13.1 Å². The Morgan fingerprint density at radius 1 is 1.29 bits per heavy atom. The lowest BCUT2D eigenvalue weighted by Gasteiger charge is -2.40. The van der Waals surface area contributed by atoms with Gasteiger partial charge in [-0.1, -0.05) is 20.3 Å². The van der Waals surface area contributed by atoms with Gasteiger partial charge in [0, 0.05) is 19.4 Å². The van der Waals surface area contributed by atoms with Crippen LogP contribution in [0.2, 0.25) is 0 Å². The highest BCUT2D eigenvalue weighted by atomic mass is 16.4. The van der Waals surface area contributed by atoms with Crippen LogP contribution in [0.15, 0.2) is 0 Å². The monoisotopic (exact) mass is 298 g/mol. The second-order valence-electron chi connectivity index (χ2n) is 6.81. The van der Waals surface area contributed by atoms with Crippen LogP contribution in [0.4, 0.5) is 0 Å². The Hall–Kier alpha value is -1.10. The molecule has 0 bridgehead atoms. The Bertz CT molecular complexity index is 346. The molecule has 1 amide bonds. The van der Waals surface area contributed by atoms with Gasteiger partial charge in [-0.2, -0.15) is 0 Å². The molecule has 0 aromatic heterocycles. The fraction of sp³-hybridized carbons (Fsp3) is 0.875. The van der Waals surface area contributed by atoms with Crippen LogP contribution in [0, 0.1) is 17.3 Å². The number of nitrogens with one attached hydrogen (secondary N) is 1. The number of rotatable bonds is 10. The van der Waals surface area contributed by atoms with Crippen LogP contribution >= 0.6 is 0 Å². The normalized spacial score (nSPS) is 18.1. The first-order chi connectivity index (χ1) is 9.88. The van der Waals surface area contributed by atoms with E-state index in [2.05, 4.69) is 19.2 Å². The molecule has 1 aliphatic carbocycles. The lowest BCUT2D eigenvalue weighted by Crippen LogP contribution is -2.42. The fourth-order valence-corrected chi connectivity index (χ4v) is 3.05. The molecule has 1 atom stereocenters. The quantitative estimate of drug-likeness (QED) is 0.576. The van der Waals surface area contributed by atoms with E-state index in [4.69, 9.17) is 10.8 Å². The number of hydrogen-bond donors (Lipinski definition) is 3. The molecule has 4 N–H and O–H groups in total. The highest BCUT2D eigenvalue weighted by Crippen LogP contribution is 2.42. The zero-order valence-electron chi connectivity index (χ0n) is 13.4. The first-order valence-electron chi connectivity index (χ1n) is 8.07. The number of amides is 1. The van der Waals surface area contributed by atoms with Gasteiger partial charge in [0.1, 0.15) is 0 Å². The predicted molar refractivity (Wildman–Crippen MR) is 82.8 cm³/mol. The minimum atomic E-state index is -0.750. The Balaban J connectivity index is 2.26. The van der Waals surface area contributed by atoms with Crippen LogP contribution in [0.1, 0.15) is 58.8 Å². The van der Waals surface area contributed by atoms with E-state index in [0.717, 1.165) is 19.3 Å². The van der Waals surface area contributed by atoms with Gasteiger partial charge in [0.15, 0.2) is 0 Å². The van der Waals surface area contributed by atoms with E-state index in [9.17, 15) is 9.59 Å². The van der Waals surface area contributed by atoms with E-state index >= 15 is 0 Å². The molecular weight excluding hydrogens is 268 g/mol. The Kier molecular flexibility index (Phi) is 7.15. The summed E-state index contributed by atoms with van der Waals surface area (Å²) in [6, 6.07) is 0. The average molecular weight is 298 g/mol. The summed E-state index contributed by atoms with van der Waals surface area (Å²) in [5.41, 5.74) is 5.81. The first kappa shape index (κ1) is 18.0. The highest BCUT2D eigenvalue weighted by Gasteiger charge is 2.37. The molecule has 1 saturated carbocycles. The van der Waals surface area contributed by atoms with Crippen LogP contribution in [0.5, 0.6) is 0 Å². The molecule has 1 unspecified atom stereocenters. The van der Waals surface area contributed by atoms with E-state index in [1.807, 2.05) is 0 Å². The maximum atomic E-state index is 12.0. The van der Waals surface area contributed by atoms with Crippen LogP contribution in [0.3, 0.4) is 0 Å². The minimum Gasteiger partial charge on any atom is -0.481 e. The largest absolute Gasteiger partial charge is 0.481 e. The molecule has 5 nitrogen and oxygen atoms in total. The molecule has 1 rings (SSSR count). The predicted octanol–water partition coefficient (Wildman–Crippen LogP) is 2.15. The summed E-state index contributed by atoms with van der Waals surface area (Å²) < 4.78 is 0. The van der Waals surface area contributed by atoms with Crippen LogP contribution < -0.4 is 11.1 Å². The molecule has 0 saturated heterocycles. The zero-order valence-corrected chi connectivity index (χ0v) is 13.4. The fourth-order valence-electron chi connectivity index (χ4n) is 3.05. The summed E-state index contributed by atoms with van der Waals surface area (Å²) in [7, 11) is 0. The van der Waals surface area contributed by atoms with Crippen molar-refractivity contribution < 1.29 is 14.7 Å². The van der Waals surface area contributed by atoms with Crippen LogP contribution in [-0.4, -0.2) is 30.1 Å². The third kappa shape index (κ3) is 6.04. The maximum Gasteiger partial charge on any atom is 0.303 e. The summed E-state index contributed by atoms with van der Waals surface area (Å²) in [6.45, 7) is 5.42. The Morgan fingerprint density at radius 2 is 1.95 bits per heavy atom. The summed E-state index contributed by atoms with van der Waals surface area (Å²) in [5, 5.41) is 11.7. The third-order valence-corrected chi connectivity index (χ3v) is 4.89. The van der Waals surface area contributed by atoms with E-state index in [0.29, 0.717) is 37.8 Å². The second kappa shape index (κ2) is 8.37. The lowest BCUT2D eigenvalue weighted by molar-refractivity contribution is -0.137. The summed E-state index contributed by atoms with van der Waals surface area (Å²) in [6.07, 6.45) is 5.55. The zero-order chi connectivity index (χ0) is 15.9. The second-order valence-corrected chi connectivity index (χ2v) is 6.81. The number of hydrogen-bond acceptors (Lipinski definition) is 3. The summed E-state index contributed by atoms with van der Waals surface area (Å²) >= 11 is 0. The molecular formula is C16H30N2O3. The van der Waals surface area contributed by atoms with Crippen LogP contribution in [0.25, 0.3) is 0 Å². The van der Waals surface area contributed by atoms with Gasteiger partial charge in [-0.25, -0.2) is 0 Å². The van der Waals surface area contributed by atoms with Gasteiger partial charge in [-0.05, 0) is 49.5 Å². The molecule has 122 valence electrons. The smallest absolute Gasteiger partial charge is 0.303 e. The SMILES string of the molecule is CC(C)C(CCNC(=O)CC1(CN)CCC1)CCC(=O)O. The van der Waals surface area contributed by atoms with E-state index in [1.54, 1.807) is 0 Å². The van der Waals surface area contributed by atoms with Gasteiger partial charge in [-0.15, -0.1) is 0 Å². The minimum absolute atomic E-state index is 0.0465. The molecule has 0 aromatic carbocycles. The van der Waals surface area contributed by atoms with Gasteiger partial charge >= 0.3 is 5.97 Å². The molecule has 0 radical (unpaired) electrons. The van der Waals surface area contributed by atoms with Crippen molar-refractivity contribution in [1.29, 1.82) is 0 Å². The number of carboxylic acid groups (broad SMARTS) is 1. The molecule has 0 aromatic rings. The maximum absolute atomic E-state index is 12.0. The number of aliphatic carboxylic acids is 1.